The van der Waals surface area contributed by atoms with Crippen LogP contribution in [0.15, 0.2) is 18.2 Å². The van der Waals surface area contributed by atoms with E-state index in [9.17, 15) is 14.3 Å². The van der Waals surface area contributed by atoms with E-state index in [1.54, 1.807) is 39.8 Å². The van der Waals surface area contributed by atoms with Crippen LogP contribution in [-0.4, -0.2) is 23.7 Å². The Morgan fingerprint density at radius 3 is 2.40 bits per heavy atom. The van der Waals surface area contributed by atoms with Gasteiger partial charge in [0.1, 0.15) is 11.6 Å². The minimum Gasteiger partial charge on any atom is -0.497 e. The van der Waals surface area contributed by atoms with Crippen molar-refractivity contribution in [2.24, 2.45) is 5.41 Å². The van der Waals surface area contributed by atoms with Crippen LogP contribution in [-0.2, 0) is 11.3 Å². The number of ether oxygens (including phenoxy) is 1. The molecule has 4 nitrogen and oxygen atoms in total. The smallest absolute Gasteiger partial charge is 0.310 e. The molecule has 0 saturated heterocycles. The fraction of sp³-hybridized carbons (Fsp3) is 0.533. The van der Waals surface area contributed by atoms with Crippen LogP contribution in [0.1, 0.15) is 33.3 Å². The highest BCUT2D eigenvalue weighted by Crippen LogP contribution is 2.31. The van der Waals surface area contributed by atoms with E-state index in [-0.39, 0.29) is 12.4 Å². The zero-order valence-electron chi connectivity index (χ0n) is 12.6. The first-order valence-electron chi connectivity index (χ1n) is 6.42. The van der Waals surface area contributed by atoms with Gasteiger partial charge < -0.3 is 15.2 Å². The predicted molar refractivity (Wildman–Crippen MR) is 75.3 cm³/mol. The first kappa shape index (κ1) is 16.4. The summed E-state index contributed by atoms with van der Waals surface area (Å²) in [5, 5.41) is 12.4. The molecule has 0 spiro atoms. The monoisotopic (exact) mass is 283 g/mol. The molecule has 0 unspecified atom stereocenters. The maximum atomic E-state index is 13.8. The molecule has 0 aliphatic carbocycles. The maximum Gasteiger partial charge on any atom is 0.310 e. The molecule has 0 aliphatic rings. The number of carbonyl (C=O) groups is 1. The number of methoxy groups -OCH3 is 1. The molecular weight excluding hydrogens is 261 g/mol. The second kappa shape index (κ2) is 5.79. The molecule has 1 aromatic carbocycles. The topological polar surface area (TPSA) is 58.6 Å². The molecule has 112 valence electrons. The molecule has 0 amide bonds. The number of hydrogen-bond acceptors (Lipinski definition) is 3. The van der Waals surface area contributed by atoms with Crippen LogP contribution in [0.4, 0.5) is 4.39 Å². The molecule has 0 aromatic heterocycles. The minimum atomic E-state index is -0.976. The van der Waals surface area contributed by atoms with Crippen molar-refractivity contribution < 1.29 is 19.0 Å². The van der Waals surface area contributed by atoms with Crippen molar-refractivity contribution in [2.75, 3.05) is 7.11 Å². The van der Waals surface area contributed by atoms with Gasteiger partial charge in [0.15, 0.2) is 0 Å². The highest BCUT2D eigenvalue weighted by Gasteiger charge is 2.43. The van der Waals surface area contributed by atoms with Gasteiger partial charge in [-0.15, -0.1) is 0 Å². The molecule has 2 N–H and O–H groups in total. The third-order valence-corrected chi connectivity index (χ3v) is 4.08. The fourth-order valence-electron chi connectivity index (χ4n) is 1.60. The molecule has 0 radical (unpaired) electrons. The lowest BCUT2D eigenvalue weighted by atomic mass is 9.74. The van der Waals surface area contributed by atoms with E-state index in [4.69, 9.17) is 4.74 Å². The highest BCUT2D eigenvalue weighted by atomic mass is 19.1. The normalized spacial score (nSPS) is 12.3. The van der Waals surface area contributed by atoms with E-state index in [0.717, 1.165) is 0 Å². The van der Waals surface area contributed by atoms with E-state index >= 15 is 0 Å². The quantitative estimate of drug-likeness (QED) is 0.843. The first-order valence-corrected chi connectivity index (χ1v) is 6.42. The van der Waals surface area contributed by atoms with Gasteiger partial charge in [-0.25, -0.2) is 4.39 Å². The van der Waals surface area contributed by atoms with Gasteiger partial charge in [0.2, 0.25) is 0 Å². The summed E-state index contributed by atoms with van der Waals surface area (Å²) < 4.78 is 18.8. The molecule has 5 heteroatoms. The molecule has 0 saturated carbocycles. The Balaban J connectivity index is 2.84. The summed E-state index contributed by atoms with van der Waals surface area (Å²) in [6, 6.07) is 4.62. The van der Waals surface area contributed by atoms with Crippen LogP contribution >= 0.6 is 0 Å². The van der Waals surface area contributed by atoms with Gasteiger partial charge in [0.25, 0.3) is 0 Å². The van der Waals surface area contributed by atoms with Gasteiger partial charge in [-0.2, -0.15) is 0 Å². The van der Waals surface area contributed by atoms with Gasteiger partial charge in [0, 0.05) is 23.7 Å². The zero-order valence-corrected chi connectivity index (χ0v) is 12.6. The molecule has 0 heterocycles. The summed E-state index contributed by atoms with van der Waals surface area (Å²) in [6.45, 7) is 7.13. The van der Waals surface area contributed by atoms with Crippen molar-refractivity contribution in [3.63, 3.8) is 0 Å². The molecule has 1 aromatic rings. The molecule has 20 heavy (non-hydrogen) atoms. The van der Waals surface area contributed by atoms with E-state index in [0.29, 0.717) is 11.3 Å². The average molecular weight is 283 g/mol. The summed E-state index contributed by atoms with van der Waals surface area (Å²) in [7, 11) is 1.48. The maximum absolute atomic E-state index is 13.8. The highest BCUT2D eigenvalue weighted by molar-refractivity contribution is 5.75. The molecule has 0 fully saturated rings. The lowest BCUT2D eigenvalue weighted by Crippen LogP contribution is -2.54. The number of rotatable bonds is 6. The second-order valence-corrected chi connectivity index (χ2v) is 5.87. The number of carboxylic acid groups (broad SMARTS) is 1. The van der Waals surface area contributed by atoms with Crippen molar-refractivity contribution in [3.8, 4) is 5.75 Å². The summed E-state index contributed by atoms with van der Waals surface area (Å²) in [5.41, 5.74) is -1.19. The Bertz CT molecular complexity index is 498. The van der Waals surface area contributed by atoms with E-state index < -0.39 is 16.9 Å². The number of carboxylic acids is 1. The molecule has 0 aliphatic heterocycles. The third-order valence-electron chi connectivity index (χ3n) is 4.08. The third kappa shape index (κ3) is 3.28. The Kier molecular flexibility index (Phi) is 4.76. The predicted octanol–water partition coefficient (Wildman–Crippen LogP) is 2.81. The molecule has 0 atom stereocenters. The standard InChI is InChI=1S/C15H22FNO3/c1-14(2,13(18)19)15(3,4)17-9-10-6-7-11(20-5)8-12(10)16/h6-8,17H,9H2,1-5H3,(H,18,19). The van der Waals surface area contributed by atoms with Crippen LogP contribution in [0.3, 0.4) is 0 Å². The summed E-state index contributed by atoms with van der Waals surface area (Å²) >= 11 is 0. The van der Waals surface area contributed by atoms with Crippen molar-refractivity contribution in [2.45, 2.75) is 39.8 Å². The summed E-state index contributed by atoms with van der Waals surface area (Å²) in [4.78, 5) is 11.3. The fourth-order valence-corrected chi connectivity index (χ4v) is 1.60. The lowest BCUT2D eigenvalue weighted by Gasteiger charge is -2.39. The van der Waals surface area contributed by atoms with Crippen LogP contribution in [0.5, 0.6) is 5.75 Å². The molecular formula is C15H22FNO3. The van der Waals surface area contributed by atoms with Gasteiger partial charge >= 0.3 is 5.97 Å². The SMILES string of the molecule is COc1ccc(CNC(C)(C)C(C)(C)C(=O)O)c(F)c1. The van der Waals surface area contributed by atoms with Gasteiger partial charge in [-0.05, 0) is 33.8 Å². The van der Waals surface area contributed by atoms with Crippen molar-refractivity contribution in [3.05, 3.63) is 29.6 Å². The van der Waals surface area contributed by atoms with Crippen molar-refractivity contribution >= 4 is 5.97 Å². The van der Waals surface area contributed by atoms with Crippen molar-refractivity contribution in [1.29, 1.82) is 0 Å². The lowest BCUT2D eigenvalue weighted by molar-refractivity contribution is -0.151. The summed E-state index contributed by atoms with van der Waals surface area (Å²) in [5.74, 6) is -0.817. The van der Waals surface area contributed by atoms with Crippen LogP contribution in [0.2, 0.25) is 0 Å². The number of benzene rings is 1. The van der Waals surface area contributed by atoms with Crippen LogP contribution in [0, 0.1) is 11.2 Å². The summed E-state index contributed by atoms with van der Waals surface area (Å²) in [6.07, 6.45) is 0. The van der Waals surface area contributed by atoms with E-state index in [1.807, 2.05) is 0 Å². The van der Waals surface area contributed by atoms with Crippen LogP contribution in [0.25, 0.3) is 0 Å². The number of halogens is 1. The minimum absolute atomic E-state index is 0.250. The average Bonchev–Trinajstić information content (AvgIpc) is 2.36. The van der Waals surface area contributed by atoms with Crippen molar-refractivity contribution in [1.82, 2.24) is 5.32 Å². The Morgan fingerprint density at radius 1 is 1.35 bits per heavy atom. The largest absolute Gasteiger partial charge is 0.497 e. The van der Waals surface area contributed by atoms with E-state index in [1.165, 1.54) is 13.2 Å². The van der Waals surface area contributed by atoms with E-state index in [2.05, 4.69) is 5.32 Å². The second-order valence-electron chi connectivity index (χ2n) is 5.87. The molecule has 0 bridgehead atoms. The Hall–Kier alpha value is -1.62. The Morgan fingerprint density at radius 2 is 1.95 bits per heavy atom. The molecule has 1 rings (SSSR count). The Labute approximate surface area is 119 Å². The van der Waals surface area contributed by atoms with Crippen LogP contribution < -0.4 is 10.1 Å². The first-order chi connectivity index (χ1) is 9.11. The zero-order chi connectivity index (χ0) is 15.6. The van der Waals surface area contributed by atoms with Gasteiger partial charge in [0.05, 0.1) is 12.5 Å². The number of nitrogens with one attached hydrogen (secondary N) is 1. The van der Waals surface area contributed by atoms with Gasteiger partial charge in [-0.1, -0.05) is 6.07 Å². The van der Waals surface area contributed by atoms with Gasteiger partial charge in [-0.3, -0.25) is 4.79 Å². The number of aliphatic carboxylic acids is 1. The number of hydrogen-bond donors (Lipinski definition) is 2.